The molecule has 2 heterocycles. The highest BCUT2D eigenvalue weighted by Gasteiger charge is 2.28. The number of anilines is 1. The third-order valence-corrected chi connectivity index (χ3v) is 5.55. The van der Waals surface area contributed by atoms with E-state index in [1.54, 1.807) is 4.68 Å². The molecule has 1 N–H and O–H groups in total. The van der Waals surface area contributed by atoms with E-state index in [0.29, 0.717) is 18.9 Å². The molecule has 3 aromatic rings. The number of benzene rings is 2. The van der Waals surface area contributed by atoms with Crippen LogP contribution in [0.1, 0.15) is 22.9 Å². The van der Waals surface area contributed by atoms with Gasteiger partial charge in [-0.25, -0.2) is 4.79 Å². The molecule has 6 heteroatoms. The molecule has 2 amide bonds. The van der Waals surface area contributed by atoms with Crippen molar-refractivity contribution in [2.24, 2.45) is 7.05 Å². The Labute approximate surface area is 171 Å². The van der Waals surface area contributed by atoms with Gasteiger partial charge in [-0.2, -0.15) is 5.10 Å². The summed E-state index contributed by atoms with van der Waals surface area (Å²) in [6, 6.07) is 23.2. The maximum atomic E-state index is 12.7. The molecule has 0 radical (unpaired) electrons. The molecule has 0 unspecified atom stereocenters. The lowest BCUT2D eigenvalue weighted by Crippen LogP contribution is -2.51. The first-order valence-corrected chi connectivity index (χ1v) is 10.0. The van der Waals surface area contributed by atoms with Gasteiger partial charge in [-0.3, -0.25) is 14.9 Å². The Morgan fingerprint density at radius 2 is 1.48 bits per heavy atom. The zero-order valence-electron chi connectivity index (χ0n) is 17.0. The second-order valence-electron chi connectivity index (χ2n) is 7.47. The highest BCUT2D eigenvalue weighted by molar-refractivity contribution is 5.88. The van der Waals surface area contributed by atoms with Crippen LogP contribution in [0.2, 0.25) is 0 Å². The summed E-state index contributed by atoms with van der Waals surface area (Å²) in [4.78, 5) is 17.0. The molecule has 0 saturated carbocycles. The molecule has 6 nitrogen and oxygen atoms in total. The van der Waals surface area contributed by atoms with E-state index in [0.717, 1.165) is 18.8 Å². The SMILES string of the molecule is Cc1cc(NC(=O)N2CCN(C(c3ccccc3)c3ccccc3)CC2)nn1C. The molecule has 2 aromatic carbocycles. The minimum atomic E-state index is -0.0845. The fraction of sp³-hybridized carbons (Fsp3) is 0.304. The minimum Gasteiger partial charge on any atom is -0.322 e. The quantitative estimate of drug-likeness (QED) is 0.741. The number of aromatic nitrogens is 2. The normalized spacial score (nSPS) is 14.9. The van der Waals surface area contributed by atoms with Gasteiger partial charge in [0.1, 0.15) is 0 Å². The summed E-state index contributed by atoms with van der Waals surface area (Å²) in [5, 5.41) is 7.23. The smallest absolute Gasteiger partial charge is 0.322 e. The Balaban J connectivity index is 1.44. The molecule has 1 aromatic heterocycles. The lowest BCUT2D eigenvalue weighted by Gasteiger charge is -2.39. The van der Waals surface area contributed by atoms with Gasteiger partial charge in [0, 0.05) is 45.0 Å². The van der Waals surface area contributed by atoms with Crippen molar-refractivity contribution in [3.63, 3.8) is 0 Å². The molecule has 0 aliphatic carbocycles. The van der Waals surface area contributed by atoms with Gasteiger partial charge < -0.3 is 4.90 Å². The third kappa shape index (κ3) is 4.32. The van der Waals surface area contributed by atoms with E-state index in [2.05, 4.69) is 63.8 Å². The zero-order valence-corrected chi connectivity index (χ0v) is 17.0. The molecular weight excluding hydrogens is 362 g/mol. The van der Waals surface area contributed by atoms with Crippen molar-refractivity contribution in [2.45, 2.75) is 13.0 Å². The van der Waals surface area contributed by atoms with E-state index in [1.165, 1.54) is 11.1 Å². The van der Waals surface area contributed by atoms with Crippen molar-refractivity contribution in [1.29, 1.82) is 0 Å². The van der Waals surface area contributed by atoms with Crippen LogP contribution in [-0.2, 0) is 7.05 Å². The van der Waals surface area contributed by atoms with Crippen LogP contribution in [0.25, 0.3) is 0 Å². The molecule has 0 bridgehead atoms. The second-order valence-corrected chi connectivity index (χ2v) is 7.47. The molecule has 1 aliphatic heterocycles. The fourth-order valence-electron chi connectivity index (χ4n) is 3.88. The van der Waals surface area contributed by atoms with Crippen LogP contribution in [0.15, 0.2) is 66.7 Å². The number of carbonyl (C=O) groups is 1. The lowest BCUT2D eigenvalue weighted by molar-refractivity contribution is 0.126. The van der Waals surface area contributed by atoms with Gasteiger partial charge in [0.25, 0.3) is 0 Å². The van der Waals surface area contributed by atoms with E-state index >= 15 is 0 Å². The molecule has 4 rings (SSSR count). The first-order valence-electron chi connectivity index (χ1n) is 10.0. The van der Waals surface area contributed by atoms with Gasteiger partial charge in [0.05, 0.1) is 6.04 Å². The van der Waals surface area contributed by atoms with Crippen molar-refractivity contribution in [3.8, 4) is 0 Å². The summed E-state index contributed by atoms with van der Waals surface area (Å²) in [5.74, 6) is 0.601. The Morgan fingerprint density at radius 3 is 1.97 bits per heavy atom. The van der Waals surface area contributed by atoms with E-state index in [4.69, 9.17) is 0 Å². The molecule has 1 aliphatic rings. The number of hydrogen-bond acceptors (Lipinski definition) is 3. The van der Waals surface area contributed by atoms with Crippen LogP contribution in [-0.4, -0.2) is 51.8 Å². The summed E-state index contributed by atoms with van der Waals surface area (Å²) in [7, 11) is 1.87. The maximum absolute atomic E-state index is 12.7. The standard InChI is InChI=1S/C23H27N5O/c1-18-17-21(25-26(18)2)24-23(29)28-15-13-27(14-16-28)22(19-9-5-3-6-10-19)20-11-7-4-8-12-20/h3-12,17,22H,13-16H2,1-2H3,(H,24,25,29). The highest BCUT2D eigenvalue weighted by Crippen LogP contribution is 2.29. The number of hydrogen-bond donors (Lipinski definition) is 1. The summed E-state index contributed by atoms with van der Waals surface area (Å²) >= 11 is 0. The average molecular weight is 390 g/mol. The van der Waals surface area contributed by atoms with Crippen LogP contribution in [0.5, 0.6) is 0 Å². The second kappa shape index (κ2) is 8.49. The van der Waals surface area contributed by atoms with Crippen molar-refractivity contribution >= 4 is 11.8 Å². The van der Waals surface area contributed by atoms with Crippen molar-refractivity contribution in [1.82, 2.24) is 19.6 Å². The van der Waals surface area contributed by atoms with E-state index < -0.39 is 0 Å². The topological polar surface area (TPSA) is 53.4 Å². The zero-order chi connectivity index (χ0) is 20.2. The molecule has 0 spiro atoms. The number of piperazine rings is 1. The lowest BCUT2D eigenvalue weighted by atomic mass is 9.96. The van der Waals surface area contributed by atoms with Gasteiger partial charge in [-0.1, -0.05) is 60.7 Å². The van der Waals surface area contributed by atoms with Crippen LogP contribution in [0, 0.1) is 6.92 Å². The molecule has 150 valence electrons. The molecule has 0 atom stereocenters. The van der Waals surface area contributed by atoms with Gasteiger partial charge in [0.15, 0.2) is 5.82 Å². The van der Waals surface area contributed by atoms with Gasteiger partial charge in [0.2, 0.25) is 0 Å². The molecular formula is C23H27N5O. The number of nitrogens with one attached hydrogen (secondary N) is 1. The largest absolute Gasteiger partial charge is 0.323 e. The number of amides is 2. The molecule has 1 fully saturated rings. The molecule has 29 heavy (non-hydrogen) atoms. The average Bonchev–Trinajstić information content (AvgIpc) is 3.07. The van der Waals surface area contributed by atoms with Crippen LogP contribution in [0.4, 0.5) is 10.6 Å². The first kappa shape index (κ1) is 19.2. The summed E-state index contributed by atoms with van der Waals surface area (Å²) in [5.41, 5.74) is 3.57. The number of carbonyl (C=O) groups excluding carboxylic acids is 1. The monoisotopic (exact) mass is 389 g/mol. The van der Waals surface area contributed by atoms with Gasteiger partial charge >= 0.3 is 6.03 Å². The highest BCUT2D eigenvalue weighted by atomic mass is 16.2. The van der Waals surface area contributed by atoms with Crippen LogP contribution >= 0.6 is 0 Å². The van der Waals surface area contributed by atoms with Crippen molar-refractivity contribution in [2.75, 3.05) is 31.5 Å². The number of nitrogens with zero attached hydrogens (tertiary/aromatic N) is 4. The Bertz CT molecular complexity index is 887. The van der Waals surface area contributed by atoms with E-state index in [1.807, 2.05) is 37.1 Å². The number of aryl methyl sites for hydroxylation is 2. The van der Waals surface area contributed by atoms with E-state index in [9.17, 15) is 4.79 Å². The molecule has 1 saturated heterocycles. The predicted octanol–water partition coefficient (Wildman–Crippen LogP) is 3.67. The van der Waals surface area contributed by atoms with Gasteiger partial charge in [-0.15, -0.1) is 0 Å². The van der Waals surface area contributed by atoms with Gasteiger partial charge in [-0.05, 0) is 18.1 Å². The van der Waals surface area contributed by atoms with E-state index in [-0.39, 0.29) is 12.1 Å². The van der Waals surface area contributed by atoms with Crippen LogP contribution in [0.3, 0.4) is 0 Å². The summed E-state index contributed by atoms with van der Waals surface area (Å²) in [6.45, 7) is 4.99. The number of rotatable bonds is 4. The minimum absolute atomic E-state index is 0.0845. The first-order chi connectivity index (χ1) is 14.1. The Kier molecular flexibility index (Phi) is 5.62. The fourth-order valence-corrected chi connectivity index (χ4v) is 3.88. The predicted molar refractivity (Wildman–Crippen MR) is 115 cm³/mol. The Hall–Kier alpha value is -3.12. The third-order valence-electron chi connectivity index (χ3n) is 5.55. The summed E-state index contributed by atoms with van der Waals surface area (Å²) in [6.07, 6.45) is 0. The Morgan fingerprint density at radius 1 is 0.931 bits per heavy atom. The summed E-state index contributed by atoms with van der Waals surface area (Å²) < 4.78 is 1.76. The van der Waals surface area contributed by atoms with Crippen LogP contribution < -0.4 is 5.32 Å². The van der Waals surface area contributed by atoms with Crippen molar-refractivity contribution < 1.29 is 4.79 Å². The number of urea groups is 1. The van der Waals surface area contributed by atoms with Crippen molar-refractivity contribution in [3.05, 3.63) is 83.6 Å². The maximum Gasteiger partial charge on any atom is 0.323 e.